The zero-order valence-electron chi connectivity index (χ0n) is 11.4. The minimum Gasteiger partial charge on any atom is -0.301 e. The SMILES string of the molecule is CCCCN1N=CN(C(Cl)(Cl)C(Cl)(Cl)Cl)C1C(Cl)(Cl)C(Cl)(Cl)Cl. The number of hydrogen-bond acceptors (Lipinski definition) is 3. The van der Waals surface area contributed by atoms with Gasteiger partial charge in [0, 0.05) is 6.54 Å². The third-order valence-corrected chi connectivity index (χ3v) is 7.77. The Bertz CT molecular complexity index is 441. The molecule has 0 radical (unpaired) electrons. The number of nitrogens with zero attached hydrogens (tertiary/aromatic N) is 3. The van der Waals surface area contributed by atoms with E-state index in [0.717, 1.165) is 17.7 Å². The molecule has 23 heavy (non-hydrogen) atoms. The summed E-state index contributed by atoms with van der Waals surface area (Å²) in [5.41, 5.74) is 0. The molecule has 0 bridgehead atoms. The molecule has 1 rings (SSSR count). The molecule has 0 aromatic heterocycles. The standard InChI is InChI=1S/C10H11Cl10N3/c1-2-3-4-23-6(7(11,12)8(13,14)15)22(5-21-23)10(19,20)9(16,17)18/h5-6H,2-4H2,1H3. The van der Waals surface area contributed by atoms with Crippen molar-refractivity contribution >= 4 is 122 Å². The Kier molecular flexibility index (Phi) is 8.11. The van der Waals surface area contributed by atoms with Gasteiger partial charge in [-0.25, -0.2) is 0 Å². The van der Waals surface area contributed by atoms with Crippen LogP contribution in [0.3, 0.4) is 0 Å². The smallest absolute Gasteiger partial charge is 0.241 e. The monoisotopic (exact) mass is 523 g/mol. The van der Waals surface area contributed by atoms with Crippen LogP contribution in [0.1, 0.15) is 19.8 Å². The Labute approximate surface area is 184 Å². The highest BCUT2D eigenvalue weighted by Gasteiger charge is 2.63. The van der Waals surface area contributed by atoms with E-state index in [0.29, 0.717) is 6.54 Å². The Morgan fingerprint density at radius 1 is 0.913 bits per heavy atom. The van der Waals surface area contributed by atoms with Crippen molar-refractivity contribution < 1.29 is 0 Å². The van der Waals surface area contributed by atoms with Gasteiger partial charge in [-0.15, -0.1) is 0 Å². The predicted octanol–water partition coefficient (Wildman–Crippen LogP) is 6.72. The summed E-state index contributed by atoms with van der Waals surface area (Å²) in [5, 5.41) is 5.61. The summed E-state index contributed by atoms with van der Waals surface area (Å²) in [7, 11) is 0. The Hall–Kier alpha value is 2.17. The highest BCUT2D eigenvalue weighted by atomic mass is 35.6. The van der Waals surface area contributed by atoms with Crippen LogP contribution in [-0.2, 0) is 0 Å². The Morgan fingerprint density at radius 3 is 1.83 bits per heavy atom. The van der Waals surface area contributed by atoms with Gasteiger partial charge < -0.3 is 4.90 Å². The van der Waals surface area contributed by atoms with Gasteiger partial charge in [0.25, 0.3) is 0 Å². The van der Waals surface area contributed by atoms with Gasteiger partial charge in [0.1, 0.15) is 6.34 Å². The maximum Gasteiger partial charge on any atom is 0.241 e. The van der Waals surface area contributed by atoms with Crippen molar-refractivity contribution in [1.82, 2.24) is 9.91 Å². The number of alkyl halides is 10. The van der Waals surface area contributed by atoms with Crippen molar-refractivity contribution in [1.29, 1.82) is 0 Å². The first-order valence-electron chi connectivity index (χ1n) is 6.16. The minimum atomic E-state index is -2.13. The van der Waals surface area contributed by atoms with Gasteiger partial charge in [-0.2, -0.15) is 5.10 Å². The van der Waals surface area contributed by atoms with Gasteiger partial charge in [-0.3, -0.25) is 5.01 Å². The lowest BCUT2D eigenvalue weighted by Crippen LogP contribution is -2.63. The van der Waals surface area contributed by atoms with Crippen molar-refractivity contribution in [3.8, 4) is 0 Å². The number of unbranched alkanes of at least 4 members (excludes halogenated alkanes) is 1. The molecule has 13 heteroatoms. The lowest BCUT2D eigenvalue weighted by atomic mass is 10.2. The molecule has 0 aromatic rings. The average Bonchev–Trinajstić information content (AvgIpc) is 2.78. The topological polar surface area (TPSA) is 18.8 Å². The van der Waals surface area contributed by atoms with Gasteiger partial charge in [0.2, 0.25) is 16.4 Å². The molecule has 1 heterocycles. The molecular weight excluding hydrogens is 517 g/mol. The molecule has 1 unspecified atom stereocenters. The molecule has 0 spiro atoms. The fourth-order valence-electron chi connectivity index (χ4n) is 1.77. The van der Waals surface area contributed by atoms with Gasteiger partial charge in [-0.1, -0.05) is 129 Å². The van der Waals surface area contributed by atoms with Crippen LogP contribution in [0.4, 0.5) is 0 Å². The molecule has 136 valence electrons. The van der Waals surface area contributed by atoms with Crippen LogP contribution < -0.4 is 0 Å². The first-order valence-corrected chi connectivity index (χ1v) is 9.94. The number of halogens is 10. The summed E-state index contributed by atoms with van der Waals surface area (Å²) < 4.78 is -8.29. The number of hydrogen-bond donors (Lipinski definition) is 0. The number of hydrazone groups is 1. The summed E-state index contributed by atoms with van der Waals surface area (Å²) in [6.45, 7) is 2.44. The highest BCUT2D eigenvalue weighted by Crippen LogP contribution is 2.56. The molecule has 0 saturated heterocycles. The van der Waals surface area contributed by atoms with Crippen LogP contribution in [0.5, 0.6) is 0 Å². The van der Waals surface area contributed by atoms with Gasteiger partial charge in [0.15, 0.2) is 6.17 Å². The van der Waals surface area contributed by atoms with Crippen molar-refractivity contribution in [2.24, 2.45) is 5.10 Å². The van der Waals surface area contributed by atoms with E-state index in [2.05, 4.69) is 5.10 Å². The molecular formula is C10H11Cl10N3. The molecule has 0 fully saturated rings. The van der Waals surface area contributed by atoms with Gasteiger partial charge in [-0.05, 0) is 6.42 Å². The van der Waals surface area contributed by atoms with E-state index in [4.69, 9.17) is 116 Å². The largest absolute Gasteiger partial charge is 0.301 e. The second-order valence-electron chi connectivity index (χ2n) is 4.69. The summed E-state index contributed by atoms with van der Waals surface area (Å²) >= 11 is 60.3. The van der Waals surface area contributed by atoms with E-state index in [1.54, 1.807) is 0 Å². The summed E-state index contributed by atoms with van der Waals surface area (Å²) in [4.78, 5) is 1.14. The van der Waals surface area contributed by atoms with E-state index in [9.17, 15) is 0 Å². The molecule has 0 aliphatic carbocycles. The van der Waals surface area contributed by atoms with Crippen LogP contribution in [0.2, 0.25) is 0 Å². The third-order valence-electron chi connectivity index (χ3n) is 2.98. The van der Waals surface area contributed by atoms with Gasteiger partial charge in [0.05, 0.1) is 0 Å². The first-order chi connectivity index (χ1) is 10.2. The molecule has 1 aliphatic heterocycles. The Morgan fingerprint density at radius 2 is 1.43 bits per heavy atom. The molecule has 1 aliphatic rings. The van der Waals surface area contributed by atoms with Gasteiger partial charge >= 0.3 is 0 Å². The Balaban J connectivity index is 3.28. The van der Waals surface area contributed by atoms with Crippen LogP contribution >= 0.6 is 116 Å². The second kappa shape index (κ2) is 8.04. The van der Waals surface area contributed by atoms with Crippen LogP contribution in [-0.4, -0.2) is 45.3 Å². The van der Waals surface area contributed by atoms with Crippen LogP contribution in [0.15, 0.2) is 5.10 Å². The van der Waals surface area contributed by atoms with Crippen molar-refractivity contribution in [2.75, 3.05) is 6.54 Å². The fourth-order valence-corrected chi connectivity index (χ4v) is 3.07. The van der Waals surface area contributed by atoms with E-state index in [1.165, 1.54) is 11.3 Å². The molecule has 3 nitrogen and oxygen atoms in total. The van der Waals surface area contributed by atoms with Crippen LogP contribution in [0, 0.1) is 0 Å². The third kappa shape index (κ3) is 4.91. The highest BCUT2D eigenvalue weighted by molar-refractivity contribution is 6.76. The zero-order chi connectivity index (χ0) is 18.3. The lowest BCUT2D eigenvalue weighted by Gasteiger charge is -2.46. The number of rotatable bonds is 5. The van der Waals surface area contributed by atoms with E-state index in [1.807, 2.05) is 6.92 Å². The normalized spacial score (nSPS) is 20.6. The molecule has 1 atom stereocenters. The molecule has 0 aromatic carbocycles. The van der Waals surface area contributed by atoms with E-state index in [-0.39, 0.29) is 0 Å². The van der Waals surface area contributed by atoms with Crippen molar-refractivity contribution in [2.45, 2.75) is 42.3 Å². The summed E-state index contributed by atoms with van der Waals surface area (Å²) in [5.74, 6) is 0. The quantitative estimate of drug-likeness (QED) is 0.292. The molecule has 0 amide bonds. The summed E-state index contributed by atoms with van der Waals surface area (Å²) in [6, 6.07) is 0. The van der Waals surface area contributed by atoms with Crippen molar-refractivity contribution in [3.05, 3.63) is 0 Å². The zero-order valence-corrected chi connectivity index (χ0v) is 19.0. The van der Waals surface area contributed by atoms with E-state index < -0.39 is 22.5 Å². The average molecular weight is 528 g/mol. The predicted molar refractivity (Wildman–Crippen MR) is 105 cm³/mol. The maximum atomic E-state index is 6.30. The molecule has 0 N–H and O–H groups in total. The van der Waals surface area contributed by atoms with Crippen LogP contribution in [0.25, 0.3) is 0 Å². The second-order valence-corrected chi connectivity index (χ2v) is 11.9. The fraction of sp³-hybridized carbons (Fsp3) is 0.900. The first kappa shape index (κ1) is 23.2. The molecule has 0 saturated carbocycles. The summed E-state index contributed by atoms with van der Waals surface area (Å²) in [6.07, 6.45) is 1.78. The van der Waals surface area contributed by atoms with Crippen molar-refractivity contribution in [3.63, 3.8) is 0 Å². The maximum absolute atomic E-state index is 6.30. The lowest BCUT2D eigenvalue weighted by molar-refractivity contribution is 0.0973. The van der Waals surface area contributed by atoms with E-state index >= 15 is 0 Å². The minimum absolute atomic E-state index is 0.444.